The van der Waals surface area contributed by atoms with Gasteiger partial charge >= 0.3 is 6.03 Å². The fourth-order valence-electron chi connectivity index (χ4n) is 3.09. The maximum Gasteiger partial charge on any atom is 0.342 e. The minimum absolute atomic E-state index is 0.188. The summed E-state index contributed by atoms with van der Waals surface area (Å²) in [6.07, 6.45) is 2.96. The number of halogens is 1. The molecule has 0 aromatic heterocycles. The minimum Gasteiger partial charge on any atom is -0.309 e. The van der Waals surface area contributed by atoms with E-state index in [0.29, 0.717) is 11.6 Å². The average Bonchev–Trinajstić information content (AvgIpc) is 3.12. The molecule has 1 aliphatic rings. The van der Waals surface area contributed by atoms with Crippen molar-refractivity contribution in [3.05, 3.63) is 59.1 Å². The van der Waals surface area contributed by atoms with E-state index in [4.69, 9.17) is 11.6 Å². The molecule has 28 heavy (non-hydrogen) atoms. The smallest absolute Gasteiger partial charge is 0.309 e. The van der Waals surface area contributed by atoms with E-state index in [1.165, 1.54) is 5.01 Å². The molecule has 1 unspecified atom stereocenters. The highest BCUT2D eigenvalue weighted by atomic mass is 35.5. The van der Waals surface area contributed by atoms with Crippen LogP contribution in [0.4, 0.5) is 10.5 Å². The van der Waals surface area contributed by atoms with Crippen LogP contribution in [0.1, 0.15) is 12.0 Å². The third-order valence-corrected chi connectivity index (χ3v) is 5.64. The first kappa shape index (κ1) is 20.7. The number of carbonyl (C=O) groups is 1. The quantitative estimate of drug-likeness (QED) is 0.682. The summed E-state index contributed by atoms with van der Waals surface area (Å²) in [6, 6.07) is 15.2. The Morgan fingerprint density at radius 3 is 2.50 bits per heavy atom. The zero-order valence-electron chi connectivity index (χ0n) is 16.4. The molecule has 1 N–H and O–H groups in total. The van der Waals surface area contributed by atoms with Crippen molar-refractivity contribution in [3.63, 3.8) is 0 Å². The zero-order valence-corrected chi connectivity index (χ0v) is 17.9. The van der Waals surface area contributed by atoms with Gasteiger partial charge in [-0.25, -0.2) is 9.80 Å². The molecule has 0 spiro atoms. The minimum atomic E-state index is -0.212. The maximum absolute atomic E-state index is 12.8. The topological polar surface area (TPSA) is 47.9 Å². The molecule has 1 heterocycles. The second kappa shape index (κ2) is 9.45. The van der Waals surface area contributed by atoms with Crippen LogP contribution < -0.4 is 5.32 Å². The fraction of sp³-hybridized carbons (Fsp3) is 0.333. The number of carbonyl (C=O) groups excluding carboxylic acids is 1. The number of rotatable bonds is 6. The van der Waals surface area contributed by atoms with Crippen molar-refractivity contribution in [1.82, 2.24) is 9.91 Å². The number of nitrogens with one attached hydrogen (secondary N) is 1. The lowest BCUT2D eigenvalue weighted by molar-refractivity contribution is 0.214. The summed E-state index contributed by atoms with van der Waals surface area (Å²) in [5.74, 6) is 0.188. The number of benzene rings is 2. The lowest BCUT2D eigenvalue weighted by Gasteiger charge is -2.17. The highest BCUT2D eigenvalue weighted by molar-refractivity contribution is 7.98. The van der Waals surface area contributed by atoms with E-state index in [9.17, 15) is 4.79 Å². The van der Waals surface area contributed by atoms with Crippen molar-refractivity contribution in [1.29, 1.82) is 0 Å². The van der Waals surface area contributed by atoms with Crippen LogP contribution in [0.15, 0.2) is 58.5 Å². The molecule has 0 radical (unpaired) electrons. The Labute approximate surface area is 175 Å². The van der Waals surface area contributed by atoms with Crippen LogP contribution in [0, 0.1) is 5.92 Å². The number of hydrazone groups is 1. The first-order valence-corrected chi connectivity index (χ1v) is 10.8. The van der Waals surface area contributed by atoms with E-state index >= 15 is 0 Å². The van der Waals surface area contributed by atoms with E-state index < -0.39 is 0 Å². The Kier molecular flexibility index (Phi) is 6.99. The summed E-state index contributed by atoms with van der Waals surface area (Å²) in [5, 5.41) is 9.81. The summed E-state index contributed by atoms with van der Waals surface area (Å²) in [7, 11) is 4.10. The Hall–Kier alpha value is -2.02. The number of hydrogen-bond donors (Lipinski definition) is 1. The summed E-state index contributed by atoms with van der Waals surface area (Å²) in [6.45, 7) is 1.50. The molecule has 7 heteroatoms. The molecule has 0 saturated heterocycles. The molecule has 2 aromatic carbocycles. The Balaban J connectivity index is 1.76. The van der Waals surface area contributed by atoms with Gasteiger partial charge in [0.25, 0.3) is 0 Å². The molecule has 1 atom stereocenters. The lowest BCUT2D eigenvalue weighted by atomic mass is 9.94. The molecular formula is C21H25ClN4OS. The largest absolute Gasteiger partial charge is 0.342 e. The van der Waals surface area contributed by atoms with Crippen LogP contribution in [0.5, 0.6) is 0 Å². The van der Waals surface area contributed by atoms with Crippen molar-refractivity contribution in [2.45, 2.75) is 11.3 Å². The fourth-order valence-corrected chi connectivity index (χ4v) is 3.63. The number of urea groups is 1. The first-order valence-electron chi connectivity index (χ1n) is 9.18. The Morgan fingerprint density at radius 2 is 1.89 bits per heavy atom. The summed E-state index contributed by atoms with van der Waals surface area (Å²) in [5.41, 5.74) is 2.71. The third-order valence-electron chi connectivity index (χ3n) is 4.65. The normalized spacial score (nSPS) is 16.4. The van der Waals surface area contributed by atoms with E-state index in [-0.39, 0.29) is 11.9 Å². The molecule has 0 aliphatic carbocycles. The van der Waals surface area contributed by atoms with Crippen LogP contribution >= 0.6 is 23.4 Å². The Morgan fingerprint density at radius 1 is 1.21 bits per heavy atom. The molecule has 3 rings (SSSR count). The number of anilines is 1. The van der Waals surface area contributed by atoms with Crippen molar-refractivity contribution < 1.29 is 4.79 Å². The molecular weight excluding hydrogens is 392 g/mol. The van der Waals surface area contributed by atoms with Gasteiger partial charge in [-0.15, -0.1) is 11.8 Å². The van der Waals surface area contributed by atoms with Crippen LogP contribution in [0.25, 0.3) is 0 Å². The van der Waals surface area contributed by atoms with Crippen LogP contribution in [0.2, 0.25) is 5.02 Å². The number of hydrogen-bond acceptors (Lipinski definition) is 4. The Bertz CT molecular complexity index is 836. The number of thioether (sulfide) groups is 1. The highest BCUT2D eigenvalue weighted by Crippen LogP contribution is 2.25. The van der Waals surface area contributed by atoms with Gasteiger partial charge in [0, 0.05) is 21.5 Å². The van der Waals surface area contributed by atoms with Crippen LogP contribution in [-0.4, -0.2) is 55.1 Å². The van der Waals surface area contributed by atoms with Gasteiger partial charge in [-0.3, -0.25) is 0 Å². The monoisotopic (exact) mass is 416 g/mol. The van der Waals surface area contributed by atoms with E-state index in [0.717, 1.165) is 34.8 Å². The highest BCUT2D eigenvalue weighted by Gasteiger charge is 2.31. The van der Waals surface area contributed by atoms with Crippen LogP contribution in [-0.2, 0) is 0 Å². The first-order chi connectivity index (χ1) is 13.5. The average molecular weight is 417 g/mol. The van der Waals surface area contributed by atoms with Gasteiger partial charge in [-0.2, -0.15) is 5.10 Å². The SMILES string of the molecule is CSc1ccc(NC(=O)N2CC(CCN(C)C)C(c3ccc(Cl)cc3)=N2)cc1. The molecule has 148 valence electrons. The lowest BCUT2D eigenvalue weighted by Crippen LogP contribution is -2.31. The van der Waals surface area contributed by atoms with Crippen molar-refractivity contribution in [2.24, 2.45) is 11.0 Å². The van der Waals surface area contributed by atoms with Gasteiger partial charge in [-0.1, -0.05) is 23.7 Å². The summed E-state index contributed by atoms with van der Waals surface area (Å²) in [4.78, 5) is 16.1. The molecule has 0 fully saturated rings. The predicted octanol–water partition coefficient (Wildman–Crippen LogP) is 4.88. The maximum atomic E-state index is 12.8. The van der Waals surface area contributed by atoms with Gasteiger partial charge in [-0.05, 0) is 75.3 Å². The van der Waals surface area contributed by atoms with Gasteiger partial charge < -0.3 is 10.2 Å². The van der Waals surface area contributed by atoms with Crippen molar-refractivity contribution in [2.75, 3.05) is 38.8 Å². The molecule has 0 saturated carbocycles. The summed E-state index contributed by atoms with van der Waals surface area (Å²) >= 11 is 7.70. The van der Waals surface area contributed by atoms with Gasteiger partial charge in [0.1, 0.15) is 0 Å². The predicted molar refractivity (Wildman–Crippen MR) is 119 cm³/mol. The molecule has 5 nitrogen and oxygen atoms in total. The van der Waals surface area contributed by atoms with Gasteiger partial charge in [0.05, 0.1) is 12.3 Å². The van der Waals surface area contributed by atoms with E-state index in [1.54, 1.807) is 11.8 Å². The van der Waals surface area contributed by atoms with Crippen molar-refractivity contribution >= 4 is 40.8 Å². The number of nitrogens with zero attached hydrogens (tertiary/aromatic N) is 3. The summed E-state index contributed by atoms with van der Waals surface area (Å²) < 4.78 is 0. The number of amides is 2. The zero-order chi connectivity index (χ0) is 20.1. The molecule has 1 aliphatic heterocycles. The van der Waals surface area contributed by atoms with Gasteiger partial charge in [0.2, 0.25) is 0 Å². The molecule has 2 amide bonds. The second-order valence-corrected chi connectivity index (χ2v) is 8.34. The standard InChI is InChI=1S/C21H25ClN4OS/c1-25(2)13-12-16-14-26(24-20(16)15-4-6-17(22)7-5-15)21(27)23-18-8-10-19(28-3)11-9-18/h4-11,16H,12-14H2,1-3H3,(H,23,27). The molecule has 0 bridgehead atoms. The van der Waals surface area contributed by atoms with Crippen molar-refractivity contribution in [3.8, 4) is 0 Å². The van der Waals surface area contributed by atoms with E-state index in [1.807, 2.05) is 54.8 Å². The van der Waals surface area contributed by atoms with E-state index in [2.05, 4.69) is 29.4 Å². The molecule has 2 aromatic rings. The second-order valence-electron chi connectivity index (χ2n) is 7.02. The van der Waals surface area contributed by atoms with Gasteiger partial charge in [0.15, 0.2) is 0 Å². The van der Waals surface area contributed by atoms with Crippen LogP contribution in [0.3, 0.4) is 0 Å². The third kappa shape index (κ3) is 5.28.